The smallest absolute Gasteiger partial charge is 0.209 e. The Morgan fingerprint density at radius 2 is 1.72 bits per heavy atom. The van der Waals surface area contributed by atoms with Gasteiger partial charge in [-0.3, -0.25) is 9.89 Å². The van der Waals surface area contributed by atoms with Crippen molar-refractivity contribution in [2.24, 2.45) is 0 Å². The fourth-order valence-electron chi connectivity index (χ4n) is 3.60. The number of aromatic amines is 2. The molecule has 5 aromatic rings. The molecule has 0 radical (unpaired) electrons. The minimum Gasteiger partial charge on any atom is -0.497 e. The summed E-state index contributed by atoms with van der Waals surface area (Å²) >= 11 is 1.34. The van der Waals surface area contributed by atoms with E-state index in [0.717, 1.165) is 27.8 Å². The highest BCUT2D eigenvalue weighted by Crippen LogP contribution is 2.38. The summed E-state index contributed by atoms with van der Waals surface area (Å²) in [6.45, 7) is 0. The zero-order valence-electron chi connectivity index (χ0n) is 17.3. The van der Waals surface area contributed by atoms with Crippen LogP contribution in [0.25, 0.3) is 22.3 Å². The first kappa shape index (κ1) is 20.1. The number of ether oxygens (including phenoxy) is 1. The third-order valence-corrected chi connectivity index (χ3v) is 6.36. The lowest BCUT2D eigenvalue weighted by Gasteiger charge is -2.14. The minimum atomic E-state index is -0.477. The number of fused-ring (bicyclic) bond motifs is 1. The number of H-pyrrole nitrogens is 2. The molecule has 1 unspecified atom stereocenters. The summed E-state index contributed by atoms with van der Waals surface area (Å²) < 4.78 is 5.21. The van der Waals surface area contributed by atoms with E-state index in [0.29, 0.717) is 16.5 Å². The van der Waals surface area contributed by atoms with E-state index in [4.69, 9.17) is 4.74 Å². The number of para-hydroxylation sites is 1. The van der Waals surface area contributed by atoms with Gasteiger partial charge in [0.25, 0.3) is 0 Å². The third kappa shape index (κ3) is 3.90. The number of aromatic nitrogens is 4. The van der Waals surface area contributed by atoms with Crippen molar-refractivity contribution < 1.29 is 9.53 Å². The van der Waals surface area contributed by atoms with Crippen molar-refractivity contribution in [1.29, 1.82) is 0 Å². The molecule has 2 N–H and O–H groups in total. The average molecular weight is 441 g/mol. The van der Waals surface area contributed by atoms with E-state index in [1.807, 2.05) is 78.9 Å². The summed E-state index contributed by atoms with van der Waals surface area (Å²) in [4.78, 5) is 21.5. The second kappa shape index (κ2) is 8.72. The Kier molecular flexibility index (Phi) is 5.47. The van der Waals surface area contributed by atoms with Crippen molar-refractivity contribution in [2.75, 3.05) is 7.11 Å². The maximum atomic E-state index is 13.7. The molecule has 0 bridgehead atoms. The van der Waals surface area contributed by atoms with E-state index < -0.39 is 5.25 Å². The number of carbonyl (C=O) groups excluding carboxylic acids is 1. The zero-order valence-corrected chi connectivity index (χ0v) is 18.1. The van der Waals surface area contributed by atoms with Crippen molar-refractivity contribution in [1.82, 2.24) is 20.2 Å². The lowest BCUT2D eigenvalue weighted by Crippen LogP contribution is -2.10. The lowest BCUT2D eigenvalue weighted by atomic mass is 10.0. The van der Waals surface area contributed by atoms with Crippen molar-refractivity contribution in [3.05, 3.63) is 96.2 Å². The Hall–Kier alpha value is -3.84. The highest BCUT2D eigenvalue weighted by atomic mass is 32.2. The molecular weight excluding hydrogens is 420 g/mol. The van der Waals surface area contributed by atoms with Crippen molar-refractivity contribution in [2.45, 2.75) is 10.4 Å². The van der Waals surface area contributed by atoms with E-state index in [1.165, 1.54) is 11.8 Å². The molecule has 0 saturated carbocycles. The van der Waals surface area contributed by atoms with Gasteiger partial charge in [0.05, 0.1) is 7.11 Å². The summed E-state index contributed by atoms with van der Waals surface area (Å²) in [7, 11) is 1.63. The highest BCUT2D eigenvalue weighted by molar-refractivity contribution is 8.00. The summed E-state index contributed by atoms with van der Waals surface area (Å²) in [5.74, 6) is 1.42. The van der Waals surface area contributed by atoms with Crippen LogP contribution in [0.15, 0.2) is 90.2 Å². The van der Waals surface area contributed by atoms with Crippen LogP contribution in [0.5, 0.6) is 5.75 Å². The molecule has 0 amide bonds. The SMILES string of the molecule is COc1ccc(-c2nc(SC(C(=O)c3c[nH]c4ccccc34)c3ccccc3)n[nH]2)cc1. The van der Waals surface area contributed by atoms with Crippen LogP contribution in [0.2, 0.25) is 0 Å². The van der Waals surface area contributed by atoms with Gasteiger partial charge in [-0.2, -0.15) is 0 Å². The predicted molar refractivity (Wildman–Crippen MR) is 126 cm³/mol. The molecule has 2 aromatic heterocycles. The van der Waals surface area contributed by atoms with Gasteiger partial charge in [-0.15, -0.1) is 5.10 Å². The van der Waals surface area contributed by atoms with Gasteiger partial charge in [0.1, 0.15) is 11.0 Å². The van der Waals surface area contributed by atoms with E-state index in [9.17, 15) is 4.79 Å². The normalized spacial score (nSPS) is 12.0. The number of Topliss-reactive ketones (excluding diaryl/α,β-unsaturated/α-hetero) is 1. The topological polar surface area (TPSA) is 83.7 Å². The van der Waals surface area contributed by atoms with Gasteiger partial charge in [-0.1, -0.05) is 60.3 Å². The van der Waals surface area contributed by atoms with E-state index >= 15 is 0 Å². The molecule has 7 heteroatoms. The van der Waals surface area contributed by atoms with Crippen LogP contribution in [0.4, 0.5) is 0 Å². The van der Waals surface area contributed by atoms with Crippen molar-refractivity contribution in [3.8, 4) is 17.1 Å². The van der Waals surface area contributed by atoms with Crippen molar-refractivity contribution in [3.63, 3.8) is 0 Å². The molecule has 0 aliphatic carbocycles. The molecule has 158 valence electrons. The first-order valence-electron chi connectivity index (χ1n) is 10.1. The number of nitrogens with one attached hydrogen (secondary N) is 2. The lowest BCUT2D eigenvalue weighted by molar-refractivity contribution is 0.0991. The van der Waals surface area contributed by atoms with Gasteiger partial charge in [-0.25, -0.2) is 4.98 Å². The largest absolute Gasteiger partial charge is 0.497 e. The van der Waals surface area contributed by atoms with Crippen LogP contribution in [0, 0.1) is 0 Å². The van der Waals surface area contributed by atoms with Crippen LogP contribution < -0.4 is 4.74 Å². The quantitative estimate of drug-likeness (QED) is 0.251. The third-order valence-electron chi connectivity index (χ3n) is 5.25. The van der Waals surface area contributed by atoms with Gasteiger partial charge in [0.2, 0.25) is 5.16 Å². The predicted octanol–water partition coefficient (Wildman–Crippen LogP) is 5.68. The number of ketones is 1. The minimum absolute atomic E-state index is 0.00875. The Morgan fingerprint density at radius 3 is 2.50 bits per heavy atom. The van der Waals surface area contributed by atoms with Gasteiger partial charge >= 0.3 is 0 Å². The second-order valence-corrected chi connectivity index (χ2v) is 8.29. The molecule has 0 fully saturated rings. The summed E-state index contributed by atoms with van der Waals surface area (Å²) in [6, 6.07) is 25.1. The summed E-state index contributed by atoms with van der Waals surface area (Å²) in [6.07, 6.45) is 1.78. The Bertz CT molecular complexity index is 1360. The molecule has 32 heavy (non-hydrogen) atoms. The first-order chi connectivity index (χ1) is 15.7. The second-order valence-electron chi connectivity index (χ2n) is 7.22. The fourth-order valence-corrected chi connectivity index (χ4v) is 4.58. The molecule has 5 rings (SSSR count). The Morgan fingerprint density at radius 1 is 0.969 bits per heavy atom. The maximum Gasteiger partial charge on any atom is 0.209 e. The molecule has 1 atom stereocenters. The monoisotopic (exact) mass is 440 g/mol. The van der Waals surface area contributed by atoms with Crippen LogP contribution in [0.3, 0.4) is 0 Å². The molecular formula is C25H20N4O2S. The van der Waals surface area contributed by atoms with Crippen LogP contribution >= 0.6 is 11.8 Å². The number of hydrogen-bond donors (Lipinski definition) is 2. The van der Waals surface area contributed by atoms with Crippen LogP contribution in [-0.2, 0) is 0 Å². The van der Waals surface area contributed by atoms with Gasteiger partial charge in [0, 0.05) is 28.2 Å². The van der Waals surface area contributed by atoms with E-state index in [1.54, 1.807) is 13.3 Å². The number of thioether (sulfide) groups is 1. The number of nitrogens with zero attached hydrogens (tertiary/aromatic N) is 2. The van der Waals surface area contributed by atoms with Gasteiger partial charge < -0.3 is 9.72 Å². The highest BCUT2D eigenvalue weighted by Gasteiger charge is 2.27. The van der Waals surface area contributed by atoms with E-state index in [2.05, 4.69) is 20.2 Å². The molecule has 0 saturated heterocycles. The Balaban J connectivity index is 1.47. The standard InChI is InChI=1S/C25H20N4O2S/c1-31-18-13-11-17(12-14-18)24-27-25(29-28-24)32-23(16-7-3-2-4-8-16)22(30)20-15-26-21-10-6-5-9-19(20)21/h2-15,23,26H,1H3,(H,27,28,29). The fraction of sp³-hybridized carbons (Fsp3) is 0.0800. The number of rotatable bonds is 7. The van der Waals surface area contributed by atoms with Crippen LogP contribution in [-0.4, -0.2) is 33.1 Å². The number of hydrogen-bond acceptors (Lipinski definition) is 5. The molecule has 0 aliphatic rings. The number of methoxy groups -OCH3 is 1. The maximum absolute atomic E-state index is 13.7. The number of benzene rings is 3. The molecule has 3 aromatic carbocycles. The average Bonchev–Trinajstić information content (AvgIpc) is 3.50. The Labute approximate surface area is 189 Å². The molecule has 0 aliphatic heterocycles. The first-order valence-corrected chi connectivity index (χ1v) is 11.0. The number of carbonyl (C=O) groups is 1. The summed E-state index contributed by atoms with van der Waals surface area (Å²) in [5, 5.41) is 8.29. The van der Waals surface area contributed by atoms with Gasteiger partial charge in [-0.05, 0) is 35.9 Å². The molecule has 2 heterocycles. The molecule has 6 nitrogen and oxygen atoms in total. The molecule has 0 spiro atoms. The summed E-state index contributed by atoms with van der Waals surface area (Å²) in [5.41, 5.74) is 3.40. The van der Waals surface area contributed by atoms with Crippen LogP contribution in [0.1, 0.15) is 21.2 Å². The van der Waals surface area contributed by atoms with Crippen molar-refractivity contribution >= 4 is 28.4 Å². The zero-order chi connectivity index (χ0) is 21.9. The van der Waals surface area contributed by atoms with E-state index in [-0.39, 0.29) is 5.78 Å². The van der Waals surface area contributed by atoms with Gasteiger partial charge in [0.15, 0.2) is 11.6 Å².